The summed E-state index contributed by atoms with van der Waals surface area (Å²) in [5.74, 6) is -0.289. The summed E-state index contributed by atoms with van der Waals surface area (Å²) >= 11 is 6.18. The van der Waals surface area contributed by atoms with E-state index in [2.05, 4.69) is 21.6 Å². The fourth-order valence-corrected chi connectivity index (χ4v) is 3.80. The number of nitrogens with zero attached hydrogens (tertiary/aromatic N) is 2. The Morgan fingerprint density at radius 2 is 2.28 bits per heavy atom. The van der Waals surface area contributed by atoms with E-state index in [1.165, 1.54) is 0 Å². The highest BCUT2D eigenvalue weighted by atomic mass is 35.5. The molecular formula is C17H14ClN5O2. The average molecular weight is 356 g/mol. The van der Waals surface area contributed by atoms with Gasteiger partial charge in [-0.15, -0.1) is 5.10 Å². The van der Waals surface area contributed by atoms with Crippen molar-refractivity contribution in [2.45, 2.75) is 25.2 Å². The van der Waals surface area contributed by atoms with Crippen molar-refractivity contribution in [2.24, 2.45) is 5.73 Å². The summed E-state index contributed by atoms with van der Waals surface area (Å²) < 4.78 is 5.52. The third-order valence-electron chi connectivity index (χ3n) is 4.60. The maximum atomic E-state index is 13.2. The number of halogens is 1. The molecule has 7 nitrogen and oxygen atoms in total. The van der Waals surface area contributed by atoms with Crippen molar-refractivity contribution in [3.05, 3.63) is 51.5 Å². The number of aryl methyl sites for hydroxylation is 1. The van der Waals surface area contributed by atoms with Gasteiger partial charge < -0.3 is 15.8 Å². The molecule has 2 aliphatic rings. The second-order valence-electron chi connectivity index (χ2n) is 5.98. The Labute approximate surface area is 148 Å². The van der Waals surface area contributed by atoms with E-state index in [0.29, 0.717) is 28.3 Å². The highest BCUT2D eigenvalue weighted by Crippen LogP contribution is 2.54. The van der Waals surface area contributed by atoms with E-state index in [1.54, 1.807) is 18.2 Å². The molecule has 1 aromatic carbocycles. The number of aromatic amines is 1. The minimum atomic E-state index is -1.41. The van der Waals surface area contributed by atoms with Crippen molar-refractivity contribution < 1.29 is 9.53 Å². The number of hydrogen-bond donors (Lipinski definition) is 3. The van der Waals surface area contributed by atoms with Crippen LogP contribution in [0.2, 0.25) is 5.02 Å². The summed E-state index contributed by atoms with van der Waals surface area (Å²) in [7, 11) is 0. The van der Waals surface area contributed by atoms with E-state index in [4.69, 9.17) is 22.1 Å². The number of ether oxygens (including phenoxy) is 1. The van der Waals surface area contributed by atoms with Crippen LogP contribution in [0.25, 0.3) is 0 Å². The number of anilines is 1. The van der Waals surface area contributed by atoms with Crippen molar-refractivity contribution in [1.29, 1.82) is 5.26 Å². The highest BCUT2D eigenvalue weighted by molar-refractivity contribution is 6.31. The van der Waals surface area contributed by atoms with Crippen LogP contribution in [0.5, 0.6) is 5.88 Å². The first kappa shape index (κ1) is 15.5. The van der Waals surface area contributed by atoms with Gasteiger partial charge >= 0.3 is 0 Å². The smallest absolute Gasteiger partial charge is 0.245 e. The number of aromatic nitrogens is 2. The number of amides is 1. The SMILES string of the molecule is CCCc1[nH]nc2c1C1(C(=O)Nc3ccc(Cl)cc31)C(C#N)=C(N)O2. The monoisotopic (exact) mass is 355 g/mol. The van der Waals surface area contributed by atoms with Crippen molar-refractivity contribution in [3.8, 4) is 11.9 Å². The molecule has 0 radical (unpaired) electrons. The molecule has 126 valence electrons. The largest absolute Gasteiger partial charge is 0.420 e. The molecule has 0 aliphatic carbocycles. The maximum absolute atomic E-state index is 13.2. The fourth-order valence-electron chi connectivity index (χ4n) is 3.63. The van der Waals surface area contributed by atoms with Gasteiger partial charge in [0.2, 0.25) is 17.7 Å². The lowest BCUT2D eigenvalue weighted by atomic mass is 9.69. The molecule has 25 heavy (non-hydrogen) atoms. The third kappa shape index (κ3) is 1.86. The van der Waals surface area contributed by atoms with Crippen LogP contribution in [0.1, 0.15) is 30.2 Å². The summed E-state index contributed by atoms with van der Waals surface area (Å²) in [6.07, 6.45) is 1.48. The first-order valence-corrected chi connectivity index (χ1v) is 8.19. The molecule has 4 N–H and O–H groups in total. The van der Waals surface area contributed by atoms with E-state index < -0.39 is 5.41 Å². The van der Waals surface area contributed by atoms with Crippen LogP contribution in [0.4, 0.5) is 5.69 Å². The number of benzene rings is 1. The predicted molar refractivity (Wildman–Crippen MR) is 90.9 cm³/mol. The summed E-state index contributed by atoms with van der Waals surface area (Å²) in [4.78, 5) is 13.2. The molecule has 1 unspecified atom stereocenters. The molecule has 0 bridgehead atoms. The van der Waals surface area contributed by atoms with Crippen LogP contribution >= 0.6 is 11.6 Å². The van der Waals surface area contributed by atoms with Crippen LogP contribution < -0.4 is 15.8 Å². The lowest BCUT2D eigenvalue weighted by molar-refractivity contribution is -0.118. The number of H-pyrrole nitrogens is 1. The number of rotatable bonds is 2. The van der Waals surface area contributed by atoms with Gasteiger partial charge in [-0.2, -0.15) is 5.26 Å². The van der Waals surface area contributed by atoms with Crippen molar-refractivity contribution >= 4 is 23.2 Å². The van der Waals surface area contributed by atoms with E-state index in [9.17, 15) is 10.1 Å². The predicted octanol–water partition coefficient (Wildman–Crippen LogP) is 2.34. The molecule has 3 heterocycles. The Morgan fingerprint density at radius 3 is 3.00 bits per heavy atom. The zero-order valence-electron chi connectivity index (χ0n) is 13.3. The molecule has 2 aromatic rings. The highest BCUT2D eigenvalue weighted by Gasteiger charge is 2.58. The number of nitriles is 1. The summed E-state index contributed by atoms with van der Waals surface area (Å²) in [6, 6.07) is 7.13. The van der Waals surface area contributed by atoms with Crippen LogP contribution in [0.15, 0.2) is 29.7 Å². The first-order valence-electron chi connectivity index (χ1n) is 7.81. The quantitative estimate of drug-likeness (QED) is 0.764. The molecule has 2 aliphatic heterocycles. The second kappa shape index (κ2) is 5.26. The Morgan fingerprint density at radius 1 is 1.48 bits per heavy atom. The van der Waals surface area contributed by atoms with Gasteiger partial charge in [0, 0.05) is 22.0 Å². The van der Waals surface area contributed by atoms with Gasteiger partial charge in [-0.05, 0) is 24.6 Å². The zero-order valence-corrected chi connectivity index (χ0v) is 14.1. The molecule has 4 rings (SSSR count). The van der Waals surface area contributed by atoms with Gasteiger partial charge in [0.1, 0.15) is 17.1 Å². The van der Waals surface area contributed by atoms with E-state index in [-0.39, 0.29) is 23.2 Å². The Balaban J connectivity index is 2.13. The number of nitrogens with one attached hydrogen (secondary N) is 2. The molecule has 0 saturated heterocycles. The Kier molecular flexibility index (Phi) is 3.27. The number of fused-ring (bicyclic) bond motifs is 4. The van der Waals surface area contributed by atoms with Gasteiger partial charge in [0.25, 0.3) is 0 Å². The Bertz CT molecular complexity index is 987. The van der Waals surface area contributed by atoms with Gasteiger partial charge in [-0.3, -0.25) is 9.89 Å². The van der Waals surface area contributed by atoms with Gasteiger partial charge in [-0.1, -0.05) is 24.9 Å². The summed E-state index contributed by atoms with van der Waals surface area (Å²) in [5, 5.41) is 20.1. The number of hydrogen-bond acceptors (Lipinski definition) is 5. The molecule has 8 heteroatoms. The Hall–Kier alpha value is -2.98. The van der Waals surface area contributed by atoms with E-state index in [1.807, 2.05) is 6.92 Å². The number of carbonyl (C=O) groups is 1. The first-order chi connectivity index (χ1) is 12.0. The van der Waals surface area contributed by atoms with E-state index >= 15 is 0 Å². The second-order valence-corrected chi connectivity index (χ2v) is 6.42. The minimum absolute atomic E-state index is 0.0391. The van der Waals surface area contributed by atoms with Gasteiger partial charge in [0.05, 0.1) is 5.56 Å². The minimum Gasteiger partial charge on any atom is -0.420 e. The molecule has 0 fully saturated rings. The third-order valence-corrected chi connectivity index (χ3v) is 4.83. The summed E-state index contributed by atoms with van der Waals surface area (Å²) in [6.45, 7) is 2.01. The van der Waals surface area contributed by atoms with Crippen LogP contribution in [0.3, 0.4) is 0 Å². The lowest BCUT2D eigenvalue weighted by Gasteiger charge is -2.31. The molecule has 1 aromatic heterocycles. The standard InChI is InChI=1S/C17H14ClN5O2/c1-2-3-12-13-15(23-22-12)25-14(20)10(7-19)17(13)9-6-8(18)4-5-11(9)21-16(17)24/h4-6H,2-3,20H2,1H3,(H,21,24)(H,22,23). The van der Waals surface area contributed by atoms with Crippen molar-refractivity contribution in [1.82, 2.24) is 10.2 Å². The molecule has 0 saturated carbocycles. The lowest BCUT2D eigenvalue weighted by Crippen LogP contribution is -2.42. The maximum Gasteiger partial charge on any atom is 0.245 e. The molecular weight excluding hydrogens is 342 g/mol. The van der Waals surface area contributed by atoms with Crippen LogP contribution in [-0.4, -0.2) is 16.1 Å². The van der Waals surface area contributed by atoms with E-state index in [0.717, 1.165) is 12.1 Å². The van der Waals surface area contributed by atoms with Gasteiger partial charge in [-0.25, -0.2) is 0 Å². The molecule has 1 amide bonds. The molecule has 1 spiro atoms. The zero-order chi connectivity index (χ0) is 17.8. The molecule has 1 atom stereocenters. The summed E-state index contributed by atoms with van der Waals surface area (Å²) in [5.41, 5.74) is 7.02. The number of carbonyl (C=O) groups excluding carboxylic acids is 1. The van der Waals surface area contributed by atoms with Crippen molar-refractivity contribution in [3.63, 3.8) is 0 Å². The topological polar surface area (TPSA) is 117 Å². The van der Waals surface area contributed by atoms with Crippen LogP contribution in [0, 0.1) is 11.3 Å². The normalized spacial score (nSPS) is 20.8. The fraction of sp³-hybridized carbons (Fsp3) is 0.235. The van der Waals surface area contributed by atoms with Crippen LogP contribution in [-0.2, 0) is 16.6 Å². The number of nitrogens with two attached hydrogens (primary N) is 1. The average Bonchev–Trinajstić information content (AvgIpc) is 3.09. The van der Waals surface area contributed by atoms with Gasteiger partial charge in [0.15, 0.2) is 0 Å². The van der Waals surface area contributed by atoms with Crippen molar-refractivity contribution in [2.75, 3.05) is 5.32 Å².